The molecule has 14 heteroatoms. The van der Waals surface area contributed by atoms with Gasteiger partial charge in [-0.2, -0.15) is 4.98 Å². The van der Waals surface area contributed by atoms with E-state index in [2.05, 4.69) is 31.4 Å². The van der Waals surface area contributed by atoms with Gasteiger partial charge in [-0.3, -0.25) is 24.0 Å². The molecule has 7 N–H and O–H groups in total. The summed E-state index contributed by atoms with van der Waals surface area (Å²) in [5.41, 5.74) is 6.67. The second-order valence-corrected chi connectivity index (χ2v) is 12.6. The molecule has 0 aliphatic heterocycles. The summed E-state index contributed by atoms with van der Waals surface area (Å²) >= 11 is 0. The van der Waals surface area contributed by atoms with Crippen LogP contribution < -0.4 is 27.0 Å². The van der Waals surface area contributed by atoms with Crippen molar-refractivity contribution in [3.63, 3.8) is 0 Å². The Bertz CT molecular complexity index is 1520. The molecular weight excluding hydrogens is 618 g/mol. The number of rotatable bonds is 17. The zero-order chi connectivity index (χ0) is 35.3. The van der Waals surface area contributed by atoms with Crippen LogP contribution in [0.4, 0.5) is 5.95 Å². The maximum absolute atomic E-state index is 13.6. The molecule has 0 radical (unpaired) electrons. The Hall–Kier alpha value is -5.11. The molecule has 0 spiro atoms. The van der Waals surface area contributed by atoms with Gasteiger partial charge >= 0.3 is 0 Å². The van der Waals surface area contributed by atoms with Crippen LogP contribution in [-0.4, -0.2) is 74.4 Å². The summed E-state index contributed by atoms with van der Waals surface area (Å²) in [5.74, 6) is -3.89. The number of Topliss-reactive ketones (excluding diaryl/α,β-unsaturated/α-hetero) is 1. The minimum atomic E-state index is -1.53. The first-order valence-corrected chi connectivity index (χ1v) is 15.8. The van der Waals surface area contributed by atoms with Crippen LogP contribution in [0, 0.1) is 0 Å². The number of hydrogen-bond acceptors (Lipinski definition) is 10. The Labute approximate surface area is 279 Å². The average molecular weight is 664 g/mol. The van der Waals surface area contributed by atoms with Crippen molar-refractivity contribution in [2.24, 2.45) is 0 Å². The fourth-order valence-corrected chi connectivity index (χ4v) is 4.78. The minimum Gasteiger partial charge on any atom is -0.391 e. The van der Waals surface area contributed by atoms with E-state index in [1.54, 1.807) is 20.8 Å². The van der Waals surface area contributed by atoms with Gasteiger partial charge in [0, 0.05) is 18.4 Å². The van der Waals surface area contributed by atoms with Gasteiger partial charge in [-0.05, 0) is 69.7 Å². The molecule has 3 rings (SSSR count). The van der Waals surface area contributed by atoms with Gasteiger partial charge < -0.3 is 36.6 Å². The van der Waals surface area contributed by atoms with E-state index in [1.165, 1.54) is 6.92 Å². The van der Waals surface area contributed by atoms with E-state index in [0.717, 1.165) is 11.1 Å². The number of nitrogens with two attached hydrogens (primary N) is 1. The molecule has 0 unspecified atom stereocenters. The van der Waals surface area contributed by atoms with Gasteiger partial charge in [-0.1, -0.05) is 60.7 Å². The number of benzene rings is 2. The summed E-state index contributed by atoms with van der Waals surface area (Å²) in [6.45, 7) is 6.38. The van der Waals surface area contributed by atoms with Gasteiger partial charge in [-0.15, -0.1) is 0 Å². The van der Waals surface area contributed by atoms with E-state index >= 15 is 0 Å². The molecule has 2 aromatic carbocycles. The normalized spacial score (nSPS) is 13.8. The predicted molar refractivity (Wildman–Crippen MR) is 177 cm³/mol. The van der Waals surface area contributed by atoms with Gasteiger partial charge in [0.15, 0.2) is 0 Å². The fourth-order valence-electron chi connectivity index (χ4n) is 4.78. The zero-order valence-electron chi connectivity index (χ0n) is 27.7. The topological polar surface area (TPSA) is 219 Å². The number of nitrogens with zero attached hydrogens (tertiary/aromatic N) is 2. The third kappa shape index (κ3) is 12.6. The van der Waals surface area contributed by atoms with E-state index in [9.17, 15) is 29.1 Å². The van der Waals surface area contributed by atoms with Crippen molar-refractivity contribution in [3.05, 3.63) is 77.7 Å². The van der Waals surface area contributed by atoms with Gasteiger partial charge in [0.25, 0.3) is 11.9 Å². The number of aliphatic hydroxyl groups is 1. The predicted octanol–water partition coefficient (Wildman–Crippen LogP) is 1.17. The van der Waals surface area contributed by atoms with E-state index in [4.69, 9.17) is 10.3 Å². The summed E-state index contributed by atoms with van der Waals surface area (Å²) in [5, 5.41) is 24.4. The highest BCUT2D eigenvalue weighted by Crippen LogP contribution is 2.10. The van der Waals surface area contributed by atoms with Crippen molar-refractivity contribution in [2.75, 3.05) is 5.73 Å². The number of aromatic nitrogens is 2. The lowest BCUT2D eigenvalue weighted by Gasteiger charge is -2.27. The lowest BCUT2D eigenvalue weighted by Crippen LogP contribution is -2.60. The van der Waals surface area contributed by atoms with E-state index in [1.807, 2.05) is 60.7 Å². The molecule has 4 amide bonds. The van der Waals surface area contributed by atoms with E-state index < -0.39 is 53.3 Å². The van der Waals surface area contributed by atoms with Gasteiger partial charge in [0.2, 0.25) is 29.4 Å². The maximum atomic E-state index is 13.6. The van der Waals surface area contributed by atoms with Crippen LogP contribution in [0.5, 0.6) is 0 Å². The monoisotopic (exact) mass is 663 g/mol. The second-order valence-electron chi connectivity index (χ2n) is 12.6. The van der Waals surface area contributed by atoms with Crippen LogP contribution in [0.1, 0.15) is 64.0 Å². The van der Waals surface area contributed by atoms with Crippen LogP contribution in [0.3, 0.4) is 0 Å². The minimum absolute atomic E-state index is 0.00797. The van der Waals surface area contributed by atoms with E-state index in [0.29, 0.717) is 12.8 Å². The van der Waals surface area contributed by atoms with Crippen LogP contribution in [-0.2, 0) is 43.2 Å². The molecule has 0 saturated heterocycles. The molecule has 1 aromatic heterocycles. The lowest BCUT2D eigenvalue weighted by atomic mass is 10.0. The third-order valence-electron chi connectivity index (χ3n) is 7.24. The Balaban J connectivity index is 1.75. The highest BCUT2D eigenvalue weighted by atomic mass is 16.5. The summed E-state index contributed by atoms with van der Waals surface area (Å²) < 4.78 is 4.99. The molecule has 4 atom stereocenters. The molecule has 258 valence electrons. The van der Waals surface area contributed by atoms with Gasteiger partial charge in [0.1, 0.15) is 12.1 Å². The van der Waals surface area contributed by atoms with Crippen molar-refractivity contribution in [1.29, 1.82) is 0 Å². The molecule has 0 aliphatic rings. The molecule has 1 heterocycles. The average Bonchev–Trinajstić information content (AvgIpc) is 3.46. The first-order chi connectivity index (χ1) is 22.7. The number of carbonyl (C=O) groups excluding carboxylic acids is 5. The lowest BCUT2D eigenvalue weighted by molar-refractivity contribution is -0.141. The molecule has 3 aromatic rings. The molecule has 0 aliphatic carbocycles. The van der Waals surface area contributed by atoms with Crippen LogP contribution in [0.15, 0.2) is 65.2 Å². The van der Waals surface area contributed by atoms with E-state index in [-0.39, 0.29) is 43.4 Å². The van der Waals surface area contributed by atoms with Crippen LogP contribution >= 0.6 is 0 Å². The molecule has 0 saturated carbocycles. The third-order valence-corrected chi connectivity index (χ3v) is 7.24. The molecule has 14 nitrogen and oxygen atoms in total. The number of aryl methyl sites for hydroxylation is 3. The van der Waals surface area contributed by atoms with Gasteiger partial charge in [0.05, 0.1) is 12.1 Å². The standard InChI is InChI=1S/C34H45N7O7/c1-21(42)28(31(46)37-24(18-20-27-38-33(35)41-48-27)29(44)32(47)40-34(2,3)4)39-30(45)25(17-15-22-11-7-5-8-12-22)36-26(43)19-16-23-13-9-6-10-14-23/h5-14,21,24-25,28,42H,15-20H2,1-4H3,(H2,35,41)(H,36,43)(H,37,46)(H,39,45)(H,40,47)/t21-,24+,25+,28+/m1/s1. The Morgan fingerprint density at radius 1 is 0.812 bits per heavy atom. The van der Waals surface area contributed by atoms with Gasteiger partial charge in [-0.25, -0.2) is 0 Å². The van der Waals surface area contributed by atoms with Crippen molar-refractivity contribution in [1.82, 2.24) is 31.4 Å². The second kappa shape index (κ2) is 17.7. The SMILES string of the molecule is C[C@@H](O)[C@H](NC(=O)[C@H](CCc1ccccc1)NC(=O)CCc1ccccc1)C(=O)N[C@@H](CCc1nc(N)no1)C(=O)C(=O)NC(C)(C)C. The first kappa shape index (κ1) is 37.3. The number of anilines is 1. The summed E-state index contributed by atoms with van der Waals surface area (Å²) in [6, 6.07) is 14.9. The van der Waals surface area contributed by atoms with Crippen molar-refractivity contribution < 1.29 is 33.6 Å². The number of carbonyl (C=O) groups is 5. The van der Waals surface area contributed by atoms with Crippen LogP contribution in [0.2, 0.25) is 0 Å². The maximum Gasteiger partial charge on any atom is 0.290 e. The van der Waals surface area contributed by atoms with Crippen molar-refractivity contribution in [2.45, 2.75) is 96.0 Å². The molecule has 48 heavy (non-hydrogen) atoms. The van der Waals surface area contributed by atoms with Crippen molar-refractivity contribution >= 4 is 35.4 Å². The molecule has 0 bridgehead atoms. The number of amides is 4. The number of nitrogen functional groups attached to an aromatic ring is 1. The summed E-state index contributed by atoms with van der Waals surface area (Å²) in [4.78, 5) is 69.9. The largest absolute Gasteiger partial charge is 0.391 e. The highest BCUT2D eigenvalue weighted by Gasteiger charge is 2.35. The first-order valence-electron chi connectivity index (χ1n) is 15.8. The summed E-state index contributed by atoms with van der Waals surface area (Å²) in [6.07, 6.45) is -0.288. The Kier molecular flexibility index (Phi) is 13.8. The smallest absolute Gasteiger partial charge is 0.290 e. The number of nitrogens with one attached hydrogen (secondary N) is 4. The number of ketones is 1. The summed E-state index contributed by atoms with van der Waals surface area (Å²) in [7, 11) is 0. The zero-order valence-corrected chi connectivity index (χ0v) is 27.7. The highest BCUT2D eigenvalue weighted by molar-refractivity contribution is 6.38. The molecular formula is C34H45N7O7. The Morgan fingerprint density at radius 2 is 1.40 bits per heavy atom. The fraction of sp³-hybridized carbons (Fsp3) is 0.441. The number of hydrogen-bond donors (Lipinski definition) is 6. The van der Waals surface area contributed by atoms with Crippen molar-refractivity contribution in [3.8, 4) is 0 Å². The quantitative estimate of drug-likeness (QED) is 0.113. The van der Waals surface area contributed by atoms with Crippen LogP contribution in [0.25, 0.3) is 0 Å². The Morgan fingerprint density at radius 3 is 1.94 bits per heavy atom. The molecule has 0 fully saturated rings. The number of aliphatic hydroxyl groups excluding tert-OH is 1.